The van der Waals surface area contributed by atoms with Gasteiger partial charge < -0.3 is 11.1 Å². The molecule has 23 heavy (non-hydrogen) atoms. The lowest BCUT2D eigenvalue weighted by Crippen LogP contribution is -2.46. The lowest BCUT2D eigenvalue weighted by atomic mass is 9.95. The van der Waals surface area contributed by atoms with Crippen LogP contribution < -0.4 is 11.1 Å². The summed E-state index contributed by atoms with van der Waals surface area (Å²) in [7, 11) is 0. The van der Waals surface area contributed by atoms with Gasteiger partial charge >= 0.3 is 0 Å². The first-order chi connectivity index (χ1) is 10.7. The van der Waals surface area contributed by atoms with Crippen LogP contribution in [0.3, 0.4) is 0 Å². The first kappa shape index (κ1) is 19.2. The van der Waals surface area contributed by atoms with E-state index in [1.807, 2.05) is 32.9 Å². The Labute approximate surface area is 139 Å². The Hall–Kier alpha value is -1.84. The Balaban J connectivity index is 2.73. The number of rotatable bonds is 8. The summed E-state index contributed by atoms with van der Waals surface area (Å²) in [6.07, 6.45) is 1.58. The van der Waals surface area contributed by atoms with Gasteiger partial charge in [0.15, 0.2) is 0 Å². The lowest BCUT2D eigenvalue weighted by Gasteiger charge is -2.20. The Morgan fingerprint density at radius 1 is 1.00 bits per heavy atom. The van der Waals surface area contributed by atoms with Crippen molar-refractivity contribution >= 4 is 11.8 Å². The molecule has 3 N–H and O–H groups in total. The van der Waals surface area contributed by atoms with E-state index in [1.54, 1.807) is 0 Å². The van der Waals surface area contributed by atoms with Crippen molar-refractivity contribution < 1.29 is 9.59 Å². The van der Waals surface area contributed by atoms with Crippen molar-refractivity contribution in [3.8, 4) is 0 Å². The number of hydrogen-bond donors (Lipinski definition) is 2. The van der Waals surface area contributed by atoms with Gasteiger partial charge in [-0.2, -0.15) is 0 Å². The van der Waals surface area contributed by atoms with Crippen molar-refractivity contribution in [3.05, 3.63) is 35.4 Å². The van der Waals surface area contributed by atoms with Crippen LogP contribution >= 0.6 is 0 Å². The number of carbonyl (C=O) groups is 2. The molecule has 0 saturated heterocycles. The topological polar surface area (TPSA) is 72.2 Å². The van der Waals surface area contributed by atoms with Crippen LogP contribution in [0.1, 0.15) is 58.1 Å². The maximum absolute atomic E-state index is 12.4. The molecule has 0 bridgehead atoms. The molecule has 0 saturated carbocycles. The predicted molar refractivity (Wildman–Crippen MR) is 94.0 cm³/mol. The zero-order valence-electron chi connectivity index (χ0n) is 14.9. The molecule has 4 nitrogen and oxygen atoms in total. The Bertz CT molecular complexity index is 521. The highest BCUT2D eigenvalue weighted by Gasteiger charge is 2.23. The predicted octanol–water partition coefficient (Wildman–Crippen LogP) is 3.00. The fraction of sp³-hybridized carbons (Fsp3) is 0.579. The molecule has 128 valence electrons. The standard InChI is InChI=1S/C19H30N2O2/c1-12(2)10-15-6-8-16(9-7-15)14(5)19(23)21-17(18(20)22)11-13(3)4/h6-9,12-14,17H,10-11H2,1-5H3,(H2,20,22)(H,21,23). The minimum Gasteiger partial charge on any atom is -0.368 e. The van der Waals surface area contributed by atoms with Crippen LogP contribution in [0.5, 0.6) is 0 Å². The van der Waals surface area contributed by atoms with E-state index in [0.29, 0.717) is 18.3 Å². The minimum absolute atomic E-state index is 0.161. The normalized spacial score (nSPS) is 13.9. The third-order valence-corrected chi connectivity index (χ3v) is 3.88. The van der Waals surface area contributed by atoms with Gasteiger partial charge in [-0.15, -0.1) is 0 Å². The van der Waals surface area contributed by atoms with Crippen LogP contribution in [0.25, 0.3) is 0 Å². The van der Waals surface area contributed by atoms with E-state index in [0.717, 1.165) is 12.0 Å². The minimum atomic E-state index is -0.606. The molecule has 0 heterocycles. The van der Waals surface area contributed by atoms with Crippen molar-refractivity contribution in [3.63, 3.8) is 0 Å². The molecule has 4 heteroatoms. The SMILES string of the molecule is CC(C)Cc1ccc(C(C)C(=O)NC(CC(C)C)C(N)=O)cc1. The third-order valence-electron chi connectivity index (χ3n) is 3.88. The number of carbonyl (C=O) groups excluding carboxylic acids is 2. The summed E-state index contributed by atoms with van der Waals surface area (Å²) < 4.78 is 0. The maximum Gasteiger partial charge on any atom is 0.240 e. The highest BCUT2D eigenvalue weighted by molar-refractivity contribution is 5.89. The van der Waals surface area contributed by atoms with E-state index in [4.69, 9.17) is 5.73 Å². The quantitative estimate of drug-likeness (QED) is 0.773. The molecule has 1 rings (SSSR count). The summed E-state index contributed by atoms with van der Waals surface area (Å²) in [5.41, 5.74) is 7.60. The van der Waals surface area contributed by atoms with E-state index in [-0.39, 0.29) is 11.8 Å². The van der Waals surface area contributed by atoms with Gasteiger partial charge in [0.1, 0.15) is 6.04 Å². The van der Waals surface area contributed by atoms with Crippen molar-refractivity contribution in [2.45, 2.75) is 59.4 Å². The molecule has 0 aliphatic rings. The molecule has 0 aliphatic carbocycles. The summed E-state index contributed by atoms with van der Waals surface area (Å²) in [4.78, 5) is 23.9. The van der Waals surface area contributed by atoms with Gasteiger partial charge in [-0.05, 0) is 42.7 Å². The molecular formula is C19H30N2O2. The van der Waals surface area contributed by atoms with Gasteiger partial charge in [0.25, 0.3) is 0 Å². The van der Waals surface area contributed by atoms with Crippen molar-refractivity contribution in [1.29, 1.82) is 0 Å². The first-order valence-corrected chi connectivity index (χ1v) is 8.39. The first-order valence-electron chi connectivity index (χ1n) is 8.39. The molecule has 0 aromatic heterocycles. The van der Waals surface area contributed by atoms with Crippen LogP contribution in [0, 0.1) is 11.8 Å². The second-order valence-corrected chi connectivity index (χ2v) is 7.15. The largest absolute Gasteiger partial charge is 0.368 e. The van der Waals surface area contributed by atoms with Gasteiger partial charge in [0, 0.05) is 0 Å². The number of hydrogen-bond acceptors (Lipinski definition) is 2. The monoisotopic (exact) mass is 318 g/mol. The Kier molecular flexibility index (Phi) is 7.27. The second-order valence-electron chi connectivity index (χ2n) is 7.15. The fourth-order valence-electron chi connectivity index (χ4n) is 2.58. The number of amides is 2. The van der Waals surface area contributed by atoms with Gasteiger partial charge in [0.2, 0.25) is 11.8 Å². The van der Waals surface area contributed by atoms with E-state index in [9.17, 15) is 9.59 Å². The van der Waals surface area contributed by atoms with Crippen molar-refractivity contribution in [2.75, 3.05) is 0 Å². The average molecular weight is 318 g/mol. The summed E-state index contributed by atoms with van der Waals surface area (Å²) in [5.74, 6) is -0.0537. The smallest absolute Gasteiger partial charge is 0.240 e. The number of nitrogens with one attached hydrogen (secondary N) is 1. The van der Waals surface area contributed by atoms with Crippen LogP contribution in [0.4, 0.5) is 0 Å². The van der Waals surface area contributed by atoms with E-state index < -0.39 is 11.9 Å². The Morgan fingerprint density at radius 2 is 1.57 bits per heavy atom. The number of nitrogens with two attached hydrogens (primary N) is 1. The summed E-state index contributed by atoms with van der Waals surface area (Å²) >= 11 is 0. The van der Waals surface area contributed by atoms with Gasteiger partial charge in [-0.25, -0.2) is 0 Å². The number of primary amides is 1. The van der Waals surface area contributed by atoms with Gasteiger partial charge in [-0.1, -0.05) is 52.0 Å². The van der Waals surface area contributed by atoms with Crippen LogP contribution in [-0.2, 0) is 16.0 Å². The molecular weight excluding hydrogens is 288 g/mol. The van der Waals surface area contributed by atoms with E-state index in [1.165, 1.54) is 5.56 Å². The van der Waals surface area contributed by atoms with Crippen molar-refractivity contribution in [2.24, 2.45) is 17.6 Å². The third kappa shape index (κ3) is 6.43. The van der Waals surface area contributed by atoms with Crippen LogP contribution in [0.2, 0.25) is 0 Å². The lowest BCUT2D eigenvalue weighted by molar-refractivity contribution is -0.128. The Morgan fingerprint density at radius 3 is 2.00 bits per heavy atom. The summed E-state index contributed by atoms with van der Waals surface area (Å²) in [6, 6.07) is 7.51. The van der Waals surface area contributed by atoms with Gasteiger partial charge in [-0.3, -0.25) is 9.59 Å². The van der Waals surface area contributed by atoms with Crippen molar-refractivity contribution in [1.82, 2.24) is 5.32 Å². The maximum atomic E-state index is 12.4. The zero-order chi connectivity index (χ0) is 17.6. The van der Waals surface area contributed by atoms with Crippen LogP contribution in [-0.4, -0.2) is 17.9 Å². The summed E-state index contributed by atoms with van der Waals surface area (Å²) in [6.45, 7) is 10.2. The molecule has 0 aliphatic heterocycles. The molecule has 1 aromatic carbocycles. The highest BCUT2D eigenvalue weighted by atomic mass is 16.2. The van der Waals surface area contributed by atoms with Gasteiger partial charge in [0.05, 0.1) is 5.92 Å². The molecule has 2 unspecified atom stereocenters. The fourth-order valence-corrected chi connectivity index (χ4v) is 2.58. The number of benzene rings is 1. The summed E-state index contributed by atoms with van der Waals surface area (Å²) in [5, 5.41) is 2.78. The molecule has 2 amide bonds. The highest BCUT2D eigenvalue weighted by Crippen LogP contribution is 2.18. The molecule has 0 fully saturated rings. The average Bonchev–Trinajstić information content (AvgIpc) is 2.45. The van der Waals surface area contributed by atoms with Crippen LogP contribution in [0.15, 0.2) is 24.3 Å². The molecule has 0 spiro atoms. The molecule has 2 atom stereocenters. The van der Waals surface area contributed by atoms with E-state index >= 15 is 0 Å². The second kappa shape index (κ2) is 8.70. The zero-order valence-corrected chi connectivity index (χ0v) is 14.9. The molecule has 1 aromatic rings. The molecule has 0 radical (unpaired) electrons. The van der Waals surface area contributed by atoms with E-state index in [2.05, 4.69) is 31.3 Å².